The third-order valence-electron chi connectivity index (χ3n) is 2.20. The van der Waals surface area contributed by atoms with Gasteiger partial charge >= 0.3 is 0 Å². The van der Waals surface area contributed by atoms with Crippen LogP contribution in [0, 0.1) is 0 Å². The van der Waals surface area contributed by atoms with Crippen molar-refractivity contribution < 1.29 is 17.9 Å². The van der Waals surface area contributed by atoms with E-state index in [1.807, 2.05) is 0 Å². The lowest BCUT2D eigenvalue weighted by atomic mass is 10.2. The number of rotatable bonds is 4. The van der Waals surface area contributed by atoms with Crippen molar-refractivity contribution >= 4 is 15.9 Å². The minimum Gasteiger partial charge on any atom is -0.492 e. The smallest absolute Gasteiger partial charge is 0.253 e. The zero-order chi connectivity index (χ0) is 13.9. The van der Waals surface area contributed by atoms with Gasteiger partial charge in [-0.25, -0.2) is 13.6 Å². The molecule has 0 aliphatic carbocycles. The third kappa shape index (κ3) is 3.21. The molecule has 1 amide bonds. The van der Waals surface area contributed by atoms with E-state index in [4.69, 9.17) is 9.88 Å². The van der Waals surface area contributed by atoms with Crippen molar-refractivity contribution in [1.29, 1.82) is 0 Å². The molecule has 18 heavy (non-hydrogen) atoms. The van der Waals surface area contributed by atoms with Crippen molar-refractivity contribution in [2.24, 2.45) is 5.14 Å². The first kappa shape index (κ1) is 14.5. The largest absolute Gasteiger partial charge is 0.492 e. The number of carbonyl (C=O) groups excluding carboxylic acids is 1. The molecule has 100 valence electrons. The van der Waals surface area contributed by atoms with Crippen LogP contribution >= 0.6 is 0 Å². The lowest BCUT2D eigenvalue weighted by molar-refractivity contribution is 0.0827. The van der Waals surface area contributed by atoms with Gasteiger partial charge in [0.25, 0.3) is 5.91 Å². The van der Waals surface area contributed by atoms with Crippen LogP contribution in [-0.2, 0) is 10.0 Å². The van der Waals surface area contributed by atoms with Gasteiger partial charge in [0.15, 0.2) is 0 Å². The number of benzene rings is 1. The summed E-state index contributed by atoms with van der Waals surface area (Å²) in [6.45, 7) is 2.04. The molecule has 0 aliphatic rings. The van der Waals surface area contributed by atoms with E-state index in [0.29, 0.717) is 6.61 Å². The number of hydrogen-bond acceptors (Lipinski definition) is 4. The summed E-state index contributed by atoms with van der Waals surface area (Å²) in [5.74, 6) is -0.154. The Balaban J connectivity index is 3.35. The molecule has 0 radical (unpaired) electrons. The first-order valence-electron chi connectivity index (χ1n) is 5.28. The zero-order valence-electron chi connectivity index (χ0n) is 10.5. The van der Waals surface area contributed by atoms with Crippen LogP contribution in [0.1, 0.15) is 17.3 Å². The van der Waals surface area contributed by atoms with Crippen LogP contribution in [0.4, 0.5) is 0 Å². The average Bonchev–Trinajstić information content (AvgIpc) is 2.27. The second kappa shape index (κ2) is 5.36. The van der Waals surface area contributed by atoms with Crippen molar-refractivity contribution in [3.63, 3.8) is 0 Å². The SMILES string of the molecule is CCOc1ccc(C(=O)N(C)C)cc1S(N)(=O)=O. The van der Waals surface area contributed by atoms with Gasteiger partial charge in [0, 0.05) is 19.7 Å². The first-order valence-corrected chi connectivity index (χ1v) is 6.83. The Labute approximate surface area is 106 Å². The highest BCUT2D eigenvalue weighted by Gasteiger charge is 2.18. The minimum absolute atomic E-state index is 0.148. The maximum Gasteiger partial charge on any atom is 0.253 e. The van der Waals surface area contributed by atoms with Crippen LogP contribution in [-0.4, -0.2) is 39.9 Å². The molecule has 0 fully saturated rings. The van der Waals surface area contributed by atoms with E-state index in [-0.39, 0.29) is 22.1 Å². The summed E-state index contributed by atoms with van der Waals surface area (Å²) in [6.07, 6.45) is 0. The molecule has 0 unspecified atom stereocenters. The van der Waals surface area contributed by atoms with Crippen LogP contribution in [0.5, 0.6) is 5.75 Å². The van der Waals surface area contributed by atoms with Crippen molar-refractivity contribution in [1.82, 2.24) is 4.90 Å². The first-order chi connectivity index (χ1) is 8.27. The van der Waals surface area contributed by atoms with E-state index in [9.17, 15) is 13.2 Å². The molecule has 0 atom stereocenters. The summed E-state index contributed by atoms with van der Waals surface area (Å²) in [6, 6.07) is 4.16. The maximum absolute atomic E-state index is 11.7. The zero-order valence-corrected chi connectivity index (χ0v) is 11.3. The van der Waals surface area contributed by atoms with Gasteiger partial charge in [0.1, 0.15) is 10.6 Å². The highest BCUT2D eigenvalue weighted by atomic mass is 32.2. The molecular formula is C11H16N2O4S. The second-order valence-corrected chi connectivity index (χ2v) is 5.37. The van der Waals surface area contributed by atoms with Crippen LogP contribution in [0.3, 0.4) is 0 Å². The predicted octanol–water partition coefficient (Wildman–Crippen LogP) is 0.434. The molecule has 0 aliphatic heterocycles. The number of sulfonamides is 1. The number of amides is 1. The second-order valence-electron chi connectivity index (χ2n) is 3.84. The summed E-state index contributed by atoms with van der Waals surface area (Å²) >= 11 is 0. The van der Waals surface area contributed by atoms with Crippen LogP contribution in [0.2, 0.25) is 0 Å². The predicted molar refractivity (Wildman–Crippen MR) is 67.0 cm³/mol. The molecular weight excluding hydrogens is 256 g/mol. The molecule has 0 saturated carbocycles. The Hall–Kier alpha value is -1.60. The van der Waals surface area contributed by atoms with E-state index in [2.05, 4.69) is 0 Å². The van der Waals surface area contributed by atoms with Crippen molar-refractivity contribution in [2.45, 2.75) is 11.8 Å². The topological polar surface area (TPSA) is 89.7 Å². The molecule has 1 aromatic rings. The standard InChI is InChI=1S/C11H16N2O4S/c1-4-17-9-6-5-8(11(14)13(2)3)7-10(9)18(12,15)16/h5-7H,4H2,1-3H3,(H2,12,15,16). The average molecular weight is 272 g/mol. The highest BCUT2D eigenvalue weighted by molar-refractivity contribution is 7.89. The fourth-order valence-electron chi connectivity index (χ4n) is 1.40. The van der Waals surface area contributed by atoms with Gasteiger partial charge in [0.2, 0.25) is 10.0 Å². The molecule has 0 saturated heterocycles. The molecule has 0 heterocycles. The van der Waals surface area contributed by atoms with E-state index in [1.165, 1.54) is 23.1 Å². The Bertz CT molecular complexity index is 552. The summed E-state index contributed by atoms with van der Waals surface area (Å²) in [5, 5.41) is 5.10. The van der Waals surface area contributed by atoms with Crippen LogP contribution in [0.25, 0.3) is 0 Å². The maximum atomic E-state index is 11.7. The fourth-order valence-corrected chi connectivity index (χ4v) is 2.10. The van der Waals surface area contributed by atoms with Crippen molar-refractivity contribution in [3.8, 4) is 5.75 Å². The molecule has 7 heteroatoms. The van der Waals surface area contributed by atoms with Crippen LogP contribution < -0.4 is 9.88 Å². The monoisotopic (exact) mass is 272 g/mol. The van der Waals surface area contributed by atoms with Gasteiger partial charge in [-0.05, 0) is 25.1 Å². The highest BCUT2D eigenvalue weighted by Crippen LogP contribution is 2.24. The molecule has 1 rings (SSSR count). The van der Waals surface area contributed by atoms with E-state index >= 15 is 0 Å². The number of nitrogens with two attached hydrogens (primary N) is 1. The minimum atomic E-state index is -3.93. The molecule has 0 spiro atoms. The van der Waals surface area contributed by atoms with E-state index < -0.39 is 10.0 Å². The van der Waals surface area contributed by atoms with Gasteiger partial charge in [-0.1, -0.05) is 0 Å². The van der Waals surface area contributed by atoms with Gasteiger partial charge in [0.05, 0.1) is 6.61 Å². The summed E-state index contributed by atoms with van der Waals surface area (Å²) in [4.78, 5) is 12.9. The number of ether oxygens (including phenoxy) is 1. The Kier molecular flexibility index (Phi) is 4.31. The quantitative estimate of drug-likeness (QED) is 0.861. The van der Waals surface area contributed by atoms with Crippen LogP contribution in [0.15, 0.2) is 23.1 Å². The molecule has 1 aromatic carbocycles. The Morgan fingerprint density at radius 1 is 1.39 bits per heavy atom. The molecule has 0 aromatic heterocycles. The summed E-state index contributed by atoms with van der Waals surface area (Å²) in [5.41, 5.74) is 0.243. The number of primary sulfonamides is 1. The van der Waals surface area contributed by atoms with E-state index in [0.717, 1.165) is 0 Å². The molecule has 6 nitrogen and oxygen atoms in total. The normalized spacial score (nSPS) is 11.1. The summed E-state index contributed by atoms with van der Waals surface area (Å²) in [7, 11) is -0.776. The number of carbonyl (C=O) groups is 1. The van der Waals surface area contributed by atoms with Gasteiger partial charge < -0.3 is 9.64 Å². The van der Waals surface area contributed by atoms with Gasteiger partial charge in [-0.3, -0.25) is 4.79 Å². The molecule has 2 N–H and O–H groups in total. The van der Waals surface area contributed by atoms with E-state index in [1.54, 1.807) is 21.0 Å². The van der Waals surface area contributed by atoms with Gasteiger partial charge in [-0.2, -0.15) is 0 Å². The third-order valence-corrected chi connectivity index (χ3v) is 3.14. The lowest BCUT2D eigenvalue weighted by Gasteiger charge is -2.13. The van der Waals surface area contributed by atoms with Crippen molar-refractivity contribution in [2.75, 3.05) is 20.7 Å². The number of hydrogen-bond donors (Lipinski definition) is 1. The number of nitrogens with zero attached hydrogens (tertiary/aromatic N) is 1. The summed E-state index contributed by atoms with van der Waals surface area (Å²) < 4.78 is 28.1. The van der Waals surface area contributed by atoms with Crippen molar-refractivity contribution in [3.05, 3.63) is 23.8 Å². The Morgan fingerprint density at radius 2 is 2.00 bits per heavy atom. The fraction of sp³-hybridized carbons (Fsp3) is 0.364. The molecule has 0 bridgehead atoms. The van der Waals surface area contributed by atoms with Gasteiger partial charge in [-0.15, -0.1) is 0 Å². The lowest BCUT2D eigenvalue weighted by Crippen LogP contribution is -2.22. The Morgan fingerprint density at radius 3 is 2.44 bits per heavy atom.